The third-order valence-corrected chi connectivity index (χ3v) is 8.55. The number of esters is 1. The van der Waals surface area contributed by atoms with E-state index >= 15 is 0 Å². The molecule has 0 heterocycles. The molecule has 2 nitrogen and oxygen atoms in total. The van der Waals surface area contributed by atoms with E-state index in [9.17, 15) is 4.79 Å². The standard InChI is InChI=1S/C10H9O2.3CH3.Sn/c1-3-8-4-6-9(7-5-8)10(11)12-2;;;;/h4-7H,1H2,2H3;3*1H3;. The molecule has 0 N–H and O–H groups in total. The molecule has 0 spiro atoms. The monoisotopic (exact) mass is 326 g/mol. The van der Waals surface area contributed by atoms with Crippen LogP contribution in [0.15, 0.2) is 30.8 Å². The predicted molar refractivity (Wildman–Crippen MR) is 70.2 cm³/mol. The first-order valence-corrected chi connectivity index (χ1v) is 15.2. The summed E-state index contributed by atoms with van der Waals surface area (Å²) < 4.78 is 5.92. The Morgan fingerprint density at radius 1 is 1.12 bits per heavy atom. The van der Waals surface area contributed by atoms with Crippen molar-refractivity contribution >= 4 is 27.9 Å². The van der Waals surface area contributed by atoms with Gasteiger partial charge in [-0.25, -0.2) is 0 Å². The molecule has 0 aromatic heterocycles. The van der Waals surface area contributed by atoms with Gasteiger partial charge in [-0.2, -0.15) is 0 Å². The van der Waals surface area contributed by atoms with Gasteiger partial charge in [-0.05, 0) is 0 Å². The number of methoxy groups -OCH3 is 1. The molecular weight excluding hydrogens is 307 g/mol. The summed E-state index contributed by atoms with van der Waals surface area (Å²) in [6.45, 7) is 4.17. The van der Waals surface area contributed by atoms with Crippen molar-refractivity contribution in [3.05, 3.63) is 42.0 Å². The Bertz CT molecular complexity index is 399. The maximum atomic E-state index is 11.3. The minimum absolute atomic E-state index is 0.295. The summed E-state index contributed by atoms with van der Waals surface area (Å²) in [4.78, 5) is 18.2. The van der Waals surface area contributed by atoms with Gasteiger partial charge in [0.05, 0.1) is 0 Å². The Labute approximate surface area is 101 Å². The second-order valence-corrected chi connectivity index (χ2v) is 19.4. The molecule has 3 heteroatoms. The number of rotatable bonds is 3. The molecule has 86 valence electrons. The van der Waals surface area contributed by atoms with Crippen LogP contribution in [0, 0.1) is 0 Å². The van der Waals surface area contributed by atoms with Gasteiger partial charge in [0.15, 0.2) is 0 Å². The normalized spacial score (nSPS) is 11.0. The van der Waals surface area contributed by atoms with Gasteiger partial charge >= 0.3 is 101 Å². The number of benzene rings is 1. The van der Waals surface area contributed by atoms with E-state index < -0.39 is 18.4 Å². The van der Waals surface area contributed by atoms with Crippen LogP contribution in [-0.4, -0.2) is 31.5 Å². The van der Waals surface area contributed by atoms with E-state index in [1.807, 2.05) is 12.1 Å². The molecule has 1 rings (SSSR count). The van der Waals surface area contributed by atoms with Crippen molar-refractivity contribution in [1.29, 1.82) is 0 Å². The van der Waals surface area contributed by atoms with E-state index in [1.54, 1.807) is 12.1 Å². The third-order valence-electron chi connectivity index (χ3n) is 2.56. The first kappa shape index (κ1) is 13.3. The van der Waals surface area contributed by atoms with Crippen LogP contribution in [0.25, 0.3) is 3.59 Å². The zero-order valence-corrected chi connectivity index (χ0v) is 13.2. The van der Waals surface area contributed by atoms with Crippen LogP contribution in [0.2, 0.25) is 14.8 Å². The van der Waals surface area contributed by atoms with Gasteiger partial charge in [-0.15, -0.1) is 0 Å². The Hall–Kier alpha value is -0.771. The van der Waals surface area contributed by atoms with E-state index in [-0.39, 0.29) is 5.97 Å². The first-order chi connectivity index (χ1) is 7.36. The number of ether oxygens (including phenoxy) is 1. The van der Waals surface area contributed by atoms with Crippen molar-refractivity contribution in [3.63, 3.8) is 0 Å². The van der Waals surface area contributed by atoms with Gasteiger partial charge in [0, 0.05) is 0 Å². The minimum atomic E-state index is -2.08. The summed E-state index contributed by atoms with van der Waals surface area (Å²) in [6.07, 6.45) is 0. The number of carbonyl (C=O) groups excluding carboxylic acids is 1. The Morgan fingerprint density at radius 2 is 1.56 bits per heavy atom. The molecule has 0 amide bonds. The molecule has 0 saturated carbocycles. The zero-order valence-electron chi connectivity index (χ0n) is 10.3. The summed E-state index contributed by atoms with van der Waals surface area (Å²) in [5, 5.41) is 0. The Kier molecular flexibility index (Phi) is 4.19. The van der Waals surface area contributed by atoms with Gasteiger partial charge in [-0.3, -0.25) is 0 Å². The van der Waals surface area contributed by atoms with Crippen molar-refractivity contribution in [2.24, 2.45) is 0 Å². The van der Waals surface area contributed by atoms with Crippen molar-refractivity contribution in [2.75, 3.05) is 7.11 Å². The van der Waals surface area contributed by atoms with Crippen molar-refractivity contribution in [3.8, 4) is 0 Å². The molecule has 1 aromatic rings. The van der Waals surface area contributed by atoms with Crippen molar-refractivity contribution in [2.45, 2.75) is 14.8 Å². The fraction of sp³-hybridized carbons (Fsp3) is 0.308. The molecule has 0 radical (unpaired) electrons. The van der Waals surface area contributed by atoms with Crippen LogP contribution in [0.4, 0.5) is 0 Å². The topological polar surface area (TPSA) is 26.3 Å². The van der Waals surface area contributed by atoms with Gasteiger partial charge in [0.25, 0.3) is 0 Å². The number of hydrogen-bond acceptors (Lipinski definition) is 2. The summed E-state index contributed by atoms with van der Waals surface area (Å²) in [5.74, 6) is -0.295. The van der Waals surface area contributed by atoms with Crippen LogP contribution in [0.1, 0.15) is 15.9 Å². The molecule has 0 fully saturated rings. The Morgan fingerprint density at radius 3 is 1.94 bits per heavy atom. The fourth-order valence-corrected chi connectivity index (χ4v) is 4.31. The summed E-state index contributed by atoms with van der Waals surface area (Å²) >= 11 is -2.08. The fourth-order valence-electron chi connectivity index (χ4n) is 1.36. The van der Waals surface area contributed by atoms with Crippen LogP contribution >= 0.6 is 0 Å². The average Bonchev–Trinajstić information content (AvgIpc) is 2.26. The summed E-state index contributed by atoms with van der Waals surface area (Å²) in [5.41, 5.74) is 1.74. The van der Waals surface area contributed by atoms with E-state index in [1.165, 1.54) is 10.7 Å². The molecule has 0 unspecified atom stereocenters. The molecule has 1 aromatic carbocycles. The van der Waals surface area contributed by atoms with Crippen LogP contribution in [-0.2, 0) is 4.74 Å². The molecule has 0 bridgehead atoms. The quantitative estimate of drug-likeness (QED) is 0.629. The summed E-state index contributed by atoms with van der Waals surface area (Å²) in [7, 11) is 1.39. The van der Waals surface area contributed by atoms with Gasteiger partial charge in [0.1, 0.15) is 0 Å². The number of hydrogen-bond donors (Lipinski definition) is 0. The van der Waals surface area contributed by atoms with Crippen LogP contribution in [0.5, 0.6) is 0 Å². The molecular formula is C13H18O2Sn. The van der Waals surface area contributed by atoms with E-state index in [0.29, 0.717) is 5.56 Å². The molecule has 0 aliphatic heterocycles. The molecule has 0 atom stereocenters. The zero-order chi connectivity index (χ0) is 12.3. The van der Waals surface area contributed by atoms with E-state index in [2.05, 4.69) is 26.1 Å². The van der Waals surface area contributed by atoms with Crippen molar-refractivity contribution < 1.29 is 9.53 Å². The van der Waals surface area contributed by atoms with Gasteiger partial charge in [0.2, 0.25) is 0 Å². The first-order valence-electron chi connectivity index (χ1n) is 5.24. The predicted octanol–water partition coefficient (Wildman–Crippen LogP) is 3.36. The van der Waals surface area contributed by atoms with Gasteiger partial charge in [-0.1, -0.05) is 0 Å². The molecule has 0 aliphatic rings. The third kappa shape index (κ3) is 3.11. The van der Waals surface area contributed by atoms with Gasteiger partial charge < -0.3 is 0 Å². The molecule has 16 heavy (non-hydrogen) atoms. The second kappa shape index (κ2) is 5.04. The second-order valence-electron chi connectivity index (χ2n) is 4.80. The SMILES string of the molecule is C=[C](c1ccc(C(=O)OC)cc1)[Sn]([CH3])([CH3])[CH3]. The van der Waals surface area contributed by atoms with E-state index in [0.717, 1.165) is 5.56 Å². The summed E-state index contributed by atoms with van der Waals surface area (Å²) in [6, 6.07) is 7.50. The van der Waals surface area contributed by atoms with Crippen LogP contribution in [0.3, 0.4) is 0 Å². The van der Waals surface area contributed by atoms with E-state index in [4.69, 9.17) is 0 Å². The Balaban J connectivity index is 2.96. The maximum absolute atomic E-state index is 11.3. The van der Waals surface area contributed by atoms with Crippen LogP contribution < -0.4 is 0 Å². The molecule has 0 saturated heterocycles. The number of carbonyl (C=O) groups is 1. The van der Waals surface area contributed by atoms with Crippen molar-refractivity contribution in [1.82, 2.24) is 0 Å². The molecule has 0 aliphatic carbocycles. The average molecular weight is 325 g/mol.